The Morgan fingerprint density at radius 2 is 0.967 bits per heavy atom. The summed E-state index contributed by atoms with van der Waals surface area (Å²) in [6.45, 7) is 3.96. The van der Waals surface area contributed by atoms with Crippen LogP contribution in [0, 0.1) is 0 Å². The third kappa shape index (κ3) is 8.96. The lowest BCUT2D eigenvalue weighted by molar-refractivity contribution is 0.0682. The van der Waals surface area contributed by atoms with Gasteiger partial charge in [0.2, 0.25) is 0 Å². The number of aromatic carboxylic acids is 2. The maximum atomic E-state index is 10.6. The lowest BCUT2D eigenvalue weighted by Crippen LogP contribution is -1.98. The van der Waals surface area contributed by atoms with E-state index in [0.29, 0.717) is 24.0 Å². The Kier molecular flexibility index (Phi) is 11.8. The highest BCUT2D eigenvalue weighted by Gasteiger charge is 2.12. The third-order valence-corrected chi connectivity index (χ3v) is 3.74. The standard InChI is InChI=1S/2C10H12O3.CH2O3/c2*1-2-4-7-5-3-6-8(9(7)11)10(12)13;2-1(3)4/h2*3,5-6,11H,2,4H2,1H3,(H,12,13);(H2,2,3,4). The molecule has 0 aliphatic heterocycles. The number of aromatic hydroxyl groups is 2. The summed E-state index contributed by atoms with van der Waals surface area (Å²) in [5.41, 5.74) is 1.35. The average Bonchev–Trinajstić information content (AvgIpc) is 2.65. The fraction of sp³-hybridized carbons (Fsp3) is 0.286. The first-order chi connectivity index (χ1) is 14.1. The maximum absolute atomic E-state index is 10.6. The van der Waals surface area contributed by atoms with E-state index in [1.54, 1.807) is 24.3 Å². The molecule has 0 bridgehead atoms. The van der Waals surface area contributed by atoms with Crippen LogP contribution in [0.3, 0.4) is 0 Å². The molecule has 164 valence electrons. The predicted octanol–water partition coefficient (Wildman–Crippen LogP) is 4.31. The van der Waals surface area contributed by atoms with Gasteiger partial charge in [0.15, 0.2) is 0 Å². The van der Waals surface area contributed by atoms with Crippen LogP contribution in [-0.4, -0.2) is 48.7 Å². The van der Waals surface area contributed by atoms with Crippen LogP contribution in [0.15, 0.2) is 36.4 Å². The Hall–Kier alpha value is -3.75. The Balaban J connectivity index is 0.000000477. The summed E-state index contributed by atoms with van der Waals surface area (Å²) in [6, 6.07) is 9.58. The number of hydrogen-bond acceptors (Lipinski definition) is 5. The molecule has 6 N–H and O–H groups in total. The molecule has 0 radical (unpaired) electrons. The Labute approximate surface area is 173 Å². The smallest absolute Gasteiger partial charge is 0.503 e. The van der Waals surface area contributed by atoms with E-state index in [0.717, 1.165) is 12.8 Å². The number of carboxylic acid groups (broad SMARTS) is 4. The van der Waals surface area contributed by atoms with Gasteiger partial charge >= 0.3 is 18.1 Å². The van der Waals surface area contributed by atoms with Crippen LogP contribution in [0.2, 0.25) is 0 Å². The van der Waals surface area contributed by atoms with Gasteiger partial charge in [-0.05, 0) is 36.1 Å². The SMILES string of the molecule is CCCc1cccc(C(=O)O)c1O.CCCc1cccc(C(=O)O)c1O.O=C(O)O. The van der Waals surface area contributed by atoms with Crippen molar-refractivity contribution < 1.29 is 45.0 Å². The van der Waals surface area contributed by atoms with E-state index in [4.69, 9.17) is 25.2 Å². The molecule has 9 nitrogen and oxygen atoms in total. The number of para-hydroxylation sites is 2. The molecule has 0 aromatic heterocycles. The van der Waals surface area contributed by atoms with Crippen LogP contribution in [0.1, 0.15) is 58.5 Å². The second-order valence-corrected chi connectivity index (χ2v) is 6.02. The molecule has 0 aliphatic rings. The zero-order chi connectivity index (χ0) is 23.3. The van der Waals surface area contributed by atoms with Crippen LogP contribution in [0.25, 0.3) is 0 Å². The molecule has 0 amide bonds. The highest BCUT2D eigenvalue weighted by Crippen LogP contribution is 2.24. The fourth-order valence-corrected chi connectivity index (χ4v) is 2.47. The topological polar surface area (TPSA) is 173 Å². The van der Waals surface area contributed by atoms with Gasteiger partial charge in [-0.1, -0.05) is 51.0 Å². The third-order valence-electron chi connectivity index (χ3n) is 3.74. The minimum Gasteiger partial charge on any atom is -0.507 e. The second-order valence-electron chi connectivity index (χ2n) is 6.02. The van der Waals surface area contributed by atoms with E-state index in [1.165, 1.54) is 12.1 Å². The molecule has 9 heteroatoms. The summed E-state index contributed by atoms with van der Waals surface area (Å²) in [5.74, 6) is -2.38. The van der Waals surface area contributed by atoms with Gasteiger partial charge in [-0.25, -0.2) is 14.4 Å². The first-order valence-electron chi connectivity index (χ1n) is 9.06. The summed E-state index contributed by atoms with van der Waals surface area (Å²) in [6.07, 6.45) is 1.34. The quantitative estimate of drug-likeness (QED) is 0.396. The van der Waals surface area contributed by atoms with E-state index >= 15 is 0 Å². The van der Waals surface area contributed by atoms with Gasteiger partial charge in [0, 0.05) is 0 Å². The summed E-state index contributed by atoms with van der Waals surface area (Å²) >= 11 is 0. The number of benzene rings is 2. The lowest BCUT2D eigenvalue weighted by Gasteiger charge is -2.04. The van der Waals surface area contributed by atoms with E-state index in [9.17, 15) is 19.8 Å². The van der Waals surface area contributed by atoms with Gasteiger partial charge in [0.25, 0.3) is 0 Å². The number of aryl methyl sites for hydroxylation is 2. The van der Waals surface area contributed by atoms with Gasteiger partial charge in [0.05, 0.1) is 0 Å². The molecule has 0 saturated heterocycles. The molecule has 0 fully saturated rings. The zero-order valence-electron chi connectivity index (χ0n) is 16.7. The van der Waals surface area contributed by atoms with Crippen molar-refractivity contribution in [2.75, 3.05) is 0 Å². The summed E-state index contributed by atoms with van der Waals surface area (Å²) < 4.78 is 0. The van der Waals surface area contributed by atoms with Crippen LogP contribution >= 0.6 is 0 Å². The first kappa shape index (κ1) is 26.2. The van der Waals surface area contributed by atoms with Crippen LogP contribution in [0.5, 0.6) is 11.5 Å². The van der Waals surface area contributed by atoms with Crippen LogP contribution in [-0.2, 0) is 12.8 Å². The van der Waals surface area contributed by atoms with E-state index in [-0.39, 0.29) is 22.6 Å². The molecule has 0 unspecified atom stereocenters. The summed E-state index contributed by atoms with van der Waals surface area (Å²) in [5, 5.41) is 50.4. The summed E-state index contributed by atoms with van der Waals surface area (Å²) in [4.78, 5) is 29.8. The Bertz CT molecular complexity index is 790. The average molecular weight is 422 g/mol. The molecule has 0 heterocycles. The van der Waals surface area contributed by atoms with Crippen LogP contribution in [0.4, 0.5) is 4.79 Å². The van der Waals surface area contributed by atoms with Crippen molar-refractivity contribution in [1.82, 2.24) is 0 Å². The minimum absolute atomic E-state index is 0.0223. The highest BCUT2D eigenvalue weighted by atomic mass is 16.6. The molecular weight excluding hydrogens is 396 g/mol. The van der Waals surface area contributed by atoms with Crippen molar-refractivity contribution in [3.8, 4) is 11.5 Å². The number of carbonyl (C=O) groups is 3. The van der Waals surface area contributed by atoms with Crippen LogP contribution < -0.4 is 0 Å². The molecule has 2 rings (SSSR count). The molecule has 30 heavy (non-hydrogen) atoms. The van der Waals surface area contributed by atoms with E-state index in [2.05, 4.69) is 0 Å². The molecule has 0 aliphatic carbocycles. The van der Waals surface area contributed by atoms with Gasteiger partial charge in [-0.15, -0.1) is 0 Å². The number of carboxylic acids is 2. The predicted molar refractivity (Wildman–Crippen MR) is 109 cm³/mol. The second kappa shape index (κ2) is 13.4. The van der Waals surface area contributed by atoms with Crippen molar-refractivity contribution in [3.05, 3.63) is 58.7 Å². The largest absolute Gasteiger partial charge is 0.507 e. The molecular formula is C21H26O9. The zero-order valence-corrected chi connectivity index (χ0v) is 16.7. The number of hydrogen-bond donors (Lipinski definition) is 6. The lowest BCUT2D eigenvalue weighted by atomic mass is 10.1. The molecule has 0 spiro atoms. The normalized spacial score (nSPS) is 9.40. The van der Waals surface area contributed by atoms with Gasteiger partial charge < -0.3 is 30.6 Å². The molecule has 2 aromatic carbocycles. The summed E-state index contributed by atoms with van der Waals surface area (Å²) in [7, 11) is 0. The monoisotopic (exact) mass is 422 g/mol. The van der Waals surface area contributed by atoms with Crippen molar-refractivity contribution in [3.63, 3.8) is 0 Å². The Morgan fingerprint density at radius 1 is 0.667 bits per heavy atom. The fourth-order valence-electron chi connectivity index (χ4n) is 2.47. The molecule has 0 saturated carbocycles. The number of phenols is 2. The minimum atomic E-state index is -1.83. The molecule has 0 atom stereocenters. The van der Waals surface area contributed by atoms with Gasteiger partial charge in [0.1, 0.15) is 22.6 Å². The Morgan fingerprint density at radius 3 is 1.20 bits per heavy atom. The maximum Gasteiger partial charge on any atom is 0.503 e. The van der Waals surface area contributed by atoms with Gasteiger partial charge in [-0.3, -0.25) is 0 Å². The van der Waals surface area contributed by atoms with E-state index < -0.39 is 18.1 Å². The van der Waals surface area contributed by atoms with Crippen molar-refractivity contribution in [1.29, 1.82) is 0 Å². The van der Waals surface area contributed by atoms with Gasteiger partial charge in [-0.2, -0.15) is 0 Å². The van der Waals surface area contributed by atoms with Crippen molar-refractivity contribution >= 4 is 18.1 Å². The van der Waals surface area contributed by atoms with E-state index in [1.807, 2.05) is 13.8 Å². The number of rotatable bonds is 6. The van der Waals surface area contributed by atoms with Crippen molar-refractivity contribution in [2.24, 2.45) is 0 Å². The van der Waals surface area contributed by atoms with Crippen molar-refractivity contribution in [2.45, 2.75) is 39.5 Å². The molecule has 2 aromatic rings. The first-order valence-corrected chi connectivity index (χ1v) is 9.06. The highest BCUT2D eigenvalue weighted by molar-refractivity contribution is 5.91.